The topological polar surface area (TPSA) is 107 Å². The normalized spacial score (nSPS) is 15.4. The van der Waals surface area contributed by atoms with Crippen LogP contribution in [0.3, 0.4) is 0 Å². The Labute approximate surface area is 167 Å². The molecule has 0 spiro atoms. The van der Waals surface area contributed by atoms with Crippen molar-refractivity contribution in [2.24, 2.45) is 0 Å². The molecule has 7 nitrogen and oxygen atoms in total. The number of aromatic carboxylic acids is 1. The maximum atomic E-state index is 12.5. The van der Waals surface area contributed by atoms with Crippen LogP contribution in [-0.2, 0) is 9.59 Å². The Morgan fingerprint density at radius 1 is 1.30 bits per heavy atom. The number of phenolic OH excluding ortho intramolecular Hbond substituents is 1. The SMILES string of the molecule is O=C(CN1C(=O)C(=Cc2cccs2)SC1=S)Nc1ccc(O)cc1C(=O)O. The van der Waals surface area contributed by atoms with Crippen LogP contribution in [0.5, 0.6) is 5.75 Å². The molecule has 1 fully saturated rings. The van der Waals surface area contributed by atoms with E-state index < -0.39 is 11.9 Å². The Morgan fingerprint density at radius 2 is 2.07 bits per heavy atom. The highest BCUT2D eigenvalue weighted by molar-refractivity contribution is 8.26. The van der Waals surface area contributed by atoms with Gasteiger partial charge in [0.15, 0.2) is 0 Å². The van der Waals surface area contributed by atoms with Gasteiger partial charge in [0.1, 0.15) is 16.6 Å². The number of carbonyl (C=O) groups is 3. The smallest absolute Gasteiger partial charge is 0.337 e. The van der Waals surface area contributed by atoms with Gasteiger partial charge in [-0.15, -0.1) is 11.3 Å². The second-order valence-electron chi connectivity index (χ2n) is 5.37. The first-order valence-electron chi connectivity index (χ1n) is 7.50. The molecule has 1 aliphatic heterocycles. The second kappa shape index (κ2) is 7.91. The van der Waals surface area contributed by atoms with Crippen LogP contribution in [0, 0.1) is 0 Å². The zero-order chi connectivity index (χ0) is 19.6. The van der Waals surface area contributed by atoms with E-state index in [1.165, 1.54) is 23.5 Å². The summed E-state index contributed by atoms with van der Waals surface area (Å²) in [7, 11) is 0. The summed E-state index contributed by atoms with van der Waals surface area (Å²) in [6, 6.07) is 7.29. The van der Waals surface area contributed by atoms with Crippen LogP contribution >= 0.6 is 35.3 Å². The summed E-state index contributed by atoms with van der Waals surface area (Å²) in [6.07, 6.45) is 1.71. The van der Waals surface area contributed by atoms with E-state index in [1.54, 1.807) is 6.08 Å². The van der Waals surface area contributed by atoms with E-state index in [2.05, 4.69) is 5.32 Å². The highest BCUT2D eigenvalue weighted by atomic mass is 32.2. The lowest BCUT2D eigenvalue weighted by molar-refractivity contribution is -0.126. The maximum absolute atomic E-state index is 12.5. The van der Waals surface area contributed by atoms with E-state index in [0.717, 1.165) is 27.6 Å². The van der Waals surface area contributed by atoms with Gasteiger partial charge < -0.3 is 15.5 Å². The van der Waals surface area contributed by atoms with E-state index in [9.17, 15) is 24.6 Å². The number of nitrogens with zero attached hydrogens (tertiary/aromatic N) is 1. The van der Waals surface area contributed by atoms with Crippen molar-refractivity contribution in [1.82, 2.24) is 4.90 Å². The highest BCUT2D eigenvalue weighted by Gasteiger charge is 2.33. The van der Waals surface area contributed by atoms with Gasteiger partial charge in [-0.05, 0) is 35.7 Å². The molecule has 2 amide bonds. The Morgan fingerprint density at radius 3 is 2.74 bits per heavy atom. The molecule has 0 bridgehead atoms. The minimum atomic E-state index is -1.30. The molecule has 27 heavy (non-hydrogen) atoms. The molecule has 0 atom stereocenters. The van der Waals surface area contributed by atoms with Gasteiger partial charge in [-0.2, -0.15) is 0 Å². The summed E-state index contributed by atoms with van der Waals surface area (Å²) >= 11 is 7.76. The molecule has 0 radical (unpaired) electrons. The van der Waals surface area contributed by atoms with Gasteiger partial charge in [0.05, 0.1) is 16.2 Å². The number of hydrogen-bond donors (Lipinski definition) is 3. The Hall–Kier alpha value is -2.69. The molecular weight excluding hydrogens is 408 g/mol. The van der Waals surface area contributed by atoms with Gasteiger partial charge in [0.2, 0.25) is 5.91 Å². The van der Waals surface area contributed by atoms with Crippen LogP contribution in [0.2, 0.25) is 0 Å². The van der Waals surface area contributed by atoms with Gasteiger partial charge in [0.25, 0.3) is 5.91 Å². The number of thiophene rings is 1. The van der Waals surface area contributed by atoms with Crippen LogP contribution < -0.4 is 5.32 Å². The fourth-order valence-electron chi connectivity index (χ4n) is 2.29. The van der Waals surface area contributed by atoms with E-state index >= 15 is 0 Å². The fraction of sp³-hybridized carbons (Fsp3) is 0.0588. The number of nitrogens with one attached hydrogen (secondary N) is 1. The molecule has 3 N–H and O–H groups in total. The lowest BCUT2D eigenvalue weighted by Gasteiger charge is -2.15. The Balaban J connectivity index is 1.72. The Kier molecular flexibility index (Phi) is 5.59. The number of anilines is 1. The summed E-state index contributed by atoms with van der Waals surface area (Å²) in [6.45, 7) is -0.341. The number of thiocarbonyl (C=S) groups is 1. The van der Waals surface area contributed by atoms with Crippen LogP contribution in [0.25, 0.3) is 6.08 Å². The third-order valence-corrected chi connectivity index (χ3v) is 5.70. The maximum Gasteiger partial charge on any atom is 0.337 e. The number of hydrogen-bond acceptors (Lipinski definition) is 7. The molecule has 1 aromatic carbocycles. The molecule has 3 rings (SSSR count). The number of carboxylic acid groups (broad SMARTS) is 1. The first-order chi connectivity index (χ1) is 12.8. The molecule has 1 aromatic heterocycles. The number of phenols is 1. The summed E-state index contributed by atoms with van der Waals surface area (Å²) in [5.41, 5.74) is -0.240. The minimum Gasteiger partial charge on any atom is -0.508 e. The van der Waals surface area contributed by atoms with Crippen molar-refractivity contribution in [3.8, 4) is 5.75 Å². The molecule has 0 saturated carbocycles. The van der Waals surface area contributed by atoms with Gasteiger partial charge >= 0.3 is 5.97 Å². The van der Waals surface area contributed by atoms with Crippen LogP contribution in [0.15, 0.2) is 40.6 Å². The molecule has 0 unspecified atom stereocenters. The van der Waals surface area contributed by atoms with Crippen LogP contribution in [-0.4, -0.2) is 43.8 Å². The monoisotopic (exact) mass is 420 g/mol. The van der Waals surface area contributed by atoms with E-state index in [0.29, 0.717) is 4.91 Å². The van der Waals surface area contributed by atoms with Crippen molar-refractivity contribution in [3.63, 3.8) is 0 Å². The van der Waals surface area contributed by atoms with Crippen molar-refractivity contribution in [2.45, 2.75) is 0 Å². The zero-order valence-electron chi connectivity index (χ0n) is 13.5. The number of amides is 2. The van der Waals surface area contributed by atoms with Gasteiger partial charge in [0, 0.05) is 4.88 Å². The largest absolute Gasteiger partial charge is 0.508 e. The fourth-order valence-corrected chi connectivity index (χ4v) is 4.27. The number of thioether (sulfide) groups is 1. The van der Waals surface area contributed by atoms with Crippen LogP contribution in [0.1, 0.15) is 15.2 Å². The molecular formula is C17H12N2O5S3. The molecule has 1 aliphatic rings. The molecule has 138 valence electrons. The van der Waals surface area contributed by atoms with Gasteiger partial charge in [-0.3, -0.25) is 14.5 Å². The van der Waals surface area contributed by atoms with Crippen LogP contribution in [0.4, 0.5) is 5.69 Å². The number of carboxylic acids is 1. The standard InChI is InChI=1S/C17H12N2O5S3/c20-9-3-4-12(11(6-9)16(23)24)18-14(21)8-19-15(22)13(27-17(19)25)7-10-2-1-5-26-10/h1-7,20H,8H2,(H,18,21)(H,23,24). The number of aromatic hydroxyl groups is 1. The second-order valence-corrected chi connectivity index (χ2v) is 8.02. The van der Waals surface area contributed by atoms with E-state index in [4.69, 9.17) is 12.2 Å². The minimum absolute atomic E-state index is 0.0184. The third kappa shape index (κ3) is 4.35. The number of rotatable bonds is 5. The predicted molar refractivity (Wildman–Crippen MR) is 108 cm³/mol. The van der Waals surface area contributed by atoms with Gasteiger partial charge in [-0.1, -0.05) is 30.0 Å². The Bertz CT molecular complexity index is 969. The molecule has 0 aliphatic carbocycles. The van der Waals surface area contributed by atoms with Crippen molar-refractivity contribution in [2.75, 3.05) is 11.9 Å². The summed E-state index contributed by atoms with van der Waals surface area (Å²) in [5.74, 6) is -2.51. The van der Waals surface area contributed by atoms with Gasteiger partial charge in [-0.25, -0.2) is 4.79 Å². The van der Waals surface area contributed by atoms with E-state index in [1.807, 2.05) is 17.5 Å². The molecule has 2 aromatic rings. The summed E-state index contributed by atoms with van der Waals surface area (Å²) in [5, 5.41) is 22.9. The third-order valence-electron chi connectivity index (χ3n) is 3.50. The average Bonchev–Trinajstić information content (AvgIpc) is 3.21. The summed E-state index contributed by atoms with van der Waals surface area (Å²) in [4.78, 5) is 38.5. The first kappa shape index (κ1) is 19.1. The highest BCUT2D eigenvalue weighted by Crippen LogP contribution is 2.33. The van der Waals surface area contributed by atoms with Crippen molar-refractivity contribution in [1.29, 1.82) is 0 Å². The lowest BCUT2D eigenvalue weighted by atomic mass is 10.1. The quantitative estimate of drug-likeness (QED) is 0.388. The molecule has 10 heteroatoms. The summed E-state index contributed by atoms with van der Waals surface area (Å²) < 4.78 is 0.252. The lowest BCUT2D eigenvalue weighted by Crippen LogP contribution is -2.36. The van der Waals surface area contributed by atoms with Crippen molar-refractivity contribution in [3.05, 3.63) is 51.1 Å². The first-order valence-corrected chi connectivity index (χ1v) is 9.60. The van der Waals surface area contributed by atoms with E-state index in [-0.39, 0.29) is 33.8 Å². The average molecular weight is 420 g/mol. The zero-order valence-corrected chi connectivity index (χ0v) is 16.0. The molecule has 2 heterocycles. The predicted octanol–water partition coefficient (Wildman–Crippen LogP) is 2.99. The van der Waals surface area contributed by atoms with Crippen molar-refractivity contribution >= 4 is 69.2 Å². The van der Waals surface area contributed by atoms with Crippen molar-refractivity contribution < 1.29 is 24.6 Å². The number of benzene rings is 1. The number of carbonyl (C=O) groups excluding carboxylic acids is 2. The molecule has 1 saturated heterocycles.